The molecule has 0 radical (unpaired) electrons. The van der Waals surface area contributed by atoms with Crippen LogP contribution < -0.4 is 5.32 Å². The first-order valence-electron chi connectivity index (χ1n) is 6.36. The lowest BCUT2D eigenvalue weighted by Gasteiger charge is -2.26. The van der Waals surface area contributed by atoms with Gasteiger partial charge in [-0.05, 0) is 25.2 Å². The minimum atomic E-state index is 0.383. The first-order chi connectivity index (χ1) is 7.88. The lowest BCUT2D eigenvalue weighted by Crippen LogP contribution is -2.40. The lowest BCUT2D eigenvalue weighted by molar-refractivity contribution is 0.0179. The number of hydrogen-bond donors (Lipinski definition) is 1. The van der Waals surface area contributed by atoms with Crippen LogP contribution >= 0.6 is 0 Å². The van der Waals surface area contributed by atoms with Gasteiger partial charge in [0.15, 0.2) is 0 Å². The Hall–Kier alpha value is -0.560. The van der Waals surface area contributed by atoms with Crippen LogP contribution in [0, 0.1) is 18.3 Å². The van der Waals surface area contributed by atoms with Gasteiger partial charge in [0.05, 0.1) is 19.3 Å². The van der Waals surface area contributed by atoms with Crippen LogP contribution in [0.4, 0.5) is 0 Å². The maximum atomic E-state index is 5.69. The molecule has 3 nitrogen and oxygen atoms in total. The third kappa shape index (κ3) is 4.13. The van der Waals surface area contributed by atoms with Crippen molar-refractivity contribution in [3.8, 4) is 12.3 Å². The summed E-state index contributed by atoms with van der Waals surface area (Å²) in [5.74, 6) is 3.67. The van der Waals surface area contributed by atoms with Gasteiger partial charge in [0.2, 0.25) is 0 Å². The van der Waals surface area contributed by atoms with E-state index in [0.717, 1.165) is 45.1 Å². The molecule has 0 spiro atoms. The normalized spacial score (nSPS) is 25.6. The summed E-state index contributed by atoms with van der Waals surface area (Å²) in [6.45, 7) is 5.89. The molecule has 0 bridgehead atoms. The molecule has 1 unspecified atom stereocenters. The summed E-state index contributed by atoms with van der Waals surface area (Å²) in [5.41, 5.74) is 0. The largest absolute Gasteiger partial charge is 0.376 e. The van der Waals surface area contributed by atoms with Crippen molar-refractivity contribution in [2.24, 2.45) is 5.92 Å². The van der Waals surface area contributed by atoms with Crippen LogP contribution in [0.2, 0.25) is 0 Å². The zero-order chi connectivity index (χ0) is 11.2. The van der Waals surface area contributed by atoms with Crippen molar-refractivity contribution < 1.29 is 4.74 Å². The minimum absolute atomic E-state index is 0.383. The van der Waals surface area contributed by atoms with E-state index in [0.29, 0.717) is 6.10 Å². The molecule has 1 heterocycles. The second-order valence-corrected chi connectivity index (χ2v) is 4.87. The van der Waals surface area contributed by atoms with Crippen LogP contribution in [0.1, 0.15) is 19.3 Å². The van der Waals surface area contributed by atoms with Crippen molar-refractivity contribution in [3.63, 3.8) is 0 Å². The third-order valence-corrected chi connectivity index (χ3v) is 3.30. The molecular formula is C13H22N2O. The Kier molecular flexibility index (Phi) is 4.65. The SMILES string of the molecule is C#CCN(CCC1CNCCO1)CC1CC1. The van der Waals surface area contributed by atoms with Crippen LogP contribution in [0.25, 0.3) is 0 Å². The first-order valence-corrected chi connectivity index (χ1v) is 6.36. The summed E-state index contributed by atoms with van der Waals surface area (Å²) in [7, 11) is 0. The molecule has 2 aliphatic rings. The summed E-state index contributed by atoms with van der Waals surface area (Å²) in [6.07, 6.45) is 9.66. The summed E-state index contributed by atoms with van der Waals surface area (Å²) >= 11 is 0. The van der Waals surface area contributed by atoms with E-state index in [-0.39, 0.29) is 0 Å². The number of morpholine rings is 1. The van der Waals surface area contributed by atoms with Crippen molar-refractivity contribution in [3.05, 3.63) is 0 Å². The van der Waals surface area contributed by atoms with Crippen molar-refractivity contribution >= 4 is 0 Å². The van der Waals surface area contributed by atoms with Gasteiger partial charge in [0.1, 0.15) is 0 Å². The van der Waals surface area contributed by atoms with E-state index in [2.05, 4.69) is 16.1 Å². The average Bonchev–Trinajstić information content (AvgIpc) is 3.12. The van der Waals surface area contributed by atoms with Crippen LogP contribution in [0.15, 0.2) is 0 Å². The lowest BCUT2D eigenvalue weighted by atomic mass is 10.2. The molecule has 1 aliphatic heterocycles. The van der Waals surface area contributed by atoms with E-state index in [1.807, 2.05) is 0 Å². The zero-order valence-corrected chi connectivity index (χ0v) is 9.95. The Bertz CT molecular complexity index is 239. The third-order valence-electron chi connectivity index (χ3n) is 3.30. The smallest absolute Gasteiger partial charge is 0.0712 e. The molecule has 0 amide bonds. The predicted molar refractivity (Wildman–Crippen MR) is 65.2 cm³/mol. The molecular weight excluding hydrogens is 200 g/mol. The summed E-state index contributed by atoms with van der Waals surface area (Å²) in [6, 6.07) is 0. The second kappa shape index (κ2) is 6.24. The van der Waals surface area contributed by atoms with Gasteiger partial charge in [0.25, 0.3) is 0 Å². The summed E-state index contributed by atoms with van der Waals surface area (Å²) < 4.78 is 5.69. The highest BCUT2D eigenvalue weighted by molar-refractivity contribution is 4.90. The molecule has 90 valence electrons. The zero-order valence-electron chi connectivity index (χ0n) is 9.95. The van der Waals surface area contributed by atoms with Crippen LogP contribution in [0.5, 0.6) is 0 Å². The standard InChI is InChI=1S/C13H22N2O/c1-2-7-15(11-12-3-4-12)8-5-13-10-14-6-9-16-13/h1,12-14H,3-11H2. The molecule has 2 fully saturated rings. The Morgan fingerprint density at radius 2 is 2.31 bits per heavy atom. The van der Waals surface area contributed by atoms with E-state index in [1.54, 1.807) is 0 Å². The van der Waals surface area contributed by atoms with Gasteiger partial charge in [0, 0.05) is 26.2 Å². The molecule has 1 saturated heterocycles. The van der Waals surface area contributed by atoms with E-state index in [1.165, 1.54) is 19.4 Å². The van der Waals surface area contributed by atoms with E-state index < -0.39 is 0 Å². The maximum absolute atomic E-state index is 5.69. The molecule has 16 heavy (non-hydrogen) atoms. The monoisotopic (exact) mass is 222 g/mol. The Balaban J connectivity index is 1.65. The van der Waals surface area contributed by atoms with Gasteiger partial charge in [-0.3, -0.25) is 4.90 Å². The van der Waals surface area contributed by atoms with Gasteiger partial charge in [-0.25, -0.2) is 0 Å². The van der Waals surface area contributed by atoms with Crippen molar-refractivity contribution in [2.45, 2.75) is 25.4 Å². The predicted octanol–water partition coefficient (Wildman–Crippen LogP) is 0.710. The van der Waals surface area contributed by atoms with Gasteiger partial charge >= 0.3 is 0 Å². The van der Waals surface area contributed by atoms with Gasteiger partial charge in [-0.15, -0.1) is 6.42 Å². The molecule has 0 aromatic heterocycles. The van der Waals surface area contributed by atoms with E-state index >= 15 is 0 Å². The minimum Gasteiger partial charge on any atom is -0.376 e. The quantitative estimate of drug-likeness (QED) is 0.670. The number of nitrogens with one attached hydrogen (secondary N) is 1. The Labute approximate surface area is 98.5 Å². The van der Waals surface area contributed by atoms with Crippen molar-refractivity contribution in [1.29, 1.82) is 0 Å². The van der Waals surface area contributed by atoms with Crippen LogP contribution in [0.3, 0.4) is 0 Å². The van der Waals surface area contributed by atoms with E-state index in [4.69, 9.17) is 11.2 Å². The van der Waals surface area contributed by atoms with Gasteiger partial charge in [-0.2, -0.15) is 0 Å². The second-order valence-electron chi connectivity index (χ2n) is 4.87. The molecule has 1 N–H and O–H groups in total. The number of ether oxygens (including phenoxy) is 1. The highest BCUT2D eigenvalue weighted by Gasteiger charge is 2.24. The fourth-order valence-electron chi connectivity index (χ4n) is 2.16. The molecule has 0 aromatic rings. The van der Waals surface area contributed by atoms with Crippen LogP contribution in [-0.4, -0.2) is 50.3 Å². The highest BCUT2D eigenvalue weighted by atomic mass is 16.5. The van der Waals surface area contributed by atoms with Gasteiger partial charge < -0.3 is 10.1 Å². The maximum Gasteiger partial charge on any atom is 0.0712 e. The topological polar surface area (TPSA) is 24.5 Å². The van der Waals surface area contributed by atoms with Crippen LogP contribution in [-0.2, 0) is 4.74 Å². The fourth-order valence-corrected chi connectivity index (χ4v) is 2.16. The molecule has 3 heteroatoms. The molecule has 1 aliphatic carbocycles. The number of hydrogen-bond acceptors (Lipinski definition) is 3. The number of nitrogens with zero attached hydrogens (tertiary/aromatic N) is 1. The number of rotatable bonds is 6. The molecule has 1 saturated carbocycles. The Morgan fingerprint density at radius 1 is 1.44 bits per heavy atom. The molecule has 0 aromatic carbocycles. The van der Waals surface area contributed by atoms with Gasteiger partial charge in [-0.1, -0.05) is 5.92 Å². The molecule has 1 atom stereocenters. The van der Waals surface area contributed by atoms with Crippen molar-refractivity contribution in [2.75, 3.05) is 39.3 Å². The Morgan fingerprint density at radius 3 is 2.94 bits per heavy atom. The summed E-state index contributed by atoms with van der Waals surface area (Å²) in [5, 5.41) is 3.36. The van der Waals surface area contributed by atoms with Crippen molar-refractivity contribution in [1.82, 2.24) is 10.2 Å². The summed E-state index contributed by atoms with van der Waals surface area (Å²) in [4.78, 5) is 2.40. The number of terminal acetylenes is 1. The molecule has 2 rings (SSSR count). The first kappa shape index (κ1) is 11.9. The fraction of sp³-hybridized carbons (Fsp3) is 0.846. The average molecular weight is 222 g/mol. The van der Waals surface area contributed by atoms with E-state index in [9.17, 15) is 0 Å². The highest BCUT2D eigenvalue weighted by Crippen LogP contribution is 2.29.